The Morgan fingerprint density at radius 3 is 0.978 bits per heavy atom. The molecule has 4 nitrogen and oxygen atoms in total. The van der Waals surface area contributed by atoms with E-state index in [1.165, 1.54) is 10.6 Å². The first-order chi connectivity index (χ1) is 22.7. The molecule has 0 saturated carbocycles. The molecule has 6 heteroatoms. The molecule has 0 heterocycles. The molecule has 0 amide bonds. The molecule has 0 fully saturated rings. The second kappa shape index (κ2) is 14.6. The summed E-state index contributed by atoms with van der Waals surface area (Å²) < 4.78 is 24.4. The van der Waals surface area contributed by atoms with Gasteiger partial charge in [0.05, 0.1) is 28.4 Å². The third-order valence-electron chi connectivity index (χ3n) is 7.86. The zero-order valence-corrected chi connectivity index (χ0v) is 28.2. The van der Waals surface area contributed by atoms with E-state index in [2.05, 4.69) is 109 Å². The third-order valence-corrected chi connectivity index (χ3v) is 12.9. The van der Waals surface area contributed by atoms with Gasteiger partial charge in [-0.25, -0.2) is 0 Å². The van der Waals surface area contributed by atoms with Crippen molar-refractivity contribution in [1.29, 1.82) is 0 Å². The van der Waals surface area contributed by atoms with Gasteiger partial charge in [-0.2, -0.15) is 0 Å². The summed E-state index contributed by atoms with van der Waals surface area (Å²) in [5, 5.41) is 6.99. The van der Waals surface area contributed by atoms with Crippen LogP contribution >= 0.6 is 15.8 Å². The Bertz CT molecular complexity index is 1770. The van der Waals surface area contributed by atoms with Gasteiger partial charge in [-0.1, -0.05) is 121 Å². The molecule has 46 heavy (non-hydrogen) atoms. The lowest BCUT2D eigenvalue weighted by molar-refractivity contribution is 0.411. The van der Waals surface area contributed by atoms with E-state index in [-0.39, 0.29) is 0 Å². The van der Waals surface area contributed by atoms with Gasteiger partial charge >= 0.3 is 0 Å². The molecule has 0 aliphatic rings. The lowest BCUT2D eigenvalue weighted by atomic mass is 10.0. The van der Waals surface area contributed by atoms with Crippen LogP contribution in [0.2, 0.25) is 0 Å². The standard InChI is InChI=1S/C40H36O4P2/c1-41-31-21-11-13-25-35(31)45(29-17-7-5-8-18-29)37-27-15-23-33(43-3)39(37)40-34(44-4)24-16-28-38(40)46(30-19-9-6-10-20-30)36-26-14-12-22-32(36)42-2/h5-28H,1-4H3. The predicted molar refractivity (Wildman–Crippen MR) is 195 cm³/mol. The van der Waals surface area contributed by atoms with Crippen LogP contribution in [0.4, 0.5) is 0 Å². The molecule has 6 aromatic rings. The number of rotatable bonds is 11. The zero-order chi connectivity index (χ0) is 31.9. The van der Waals surface area contributed by atoms with Crippen molar-refractivity contribution >= 4 is 47.7 Å². The minimum Gasteiger partial charge on any atom is -0.496 e. The lowest BCUT2D eigenvalue weighted by Crippen LogP contribution is -2.27. The summed E-state index contributed by atoms with van der Waals surface area (Å²) >= 11 is 0. The van der Waals surface area contributed by atoms with Crippen molar-refractivity contribution < 1.29 is 18.9 Å². The summed E-state index contributed by atoms with van der Waals surface area (Å²) in [6.45, 7) is 0. The first kappa shape index (κ1) is 31.4. The van der Waals surface area contributed by atoms with Crippen LogP contribution < -0.4 is 50.8 Å². The quantitative estimate of drug-likeness (QED) is 0.144. The monoisotopic (exact) mass is 642 g/mol. The fraction of sp³-hybridized carbons (Fsp3) is 0.100. The Kier molecular flexibility index (Phi) is 9.99. The van der Waals surface area contributed by atoms with E-state index in [1.54, 1.807) is 28.4 Å². The molecule has 0 aliphatic carbocycles. The van der Waals surface area contributed by atoms with E-state index in [9.17, 15) is 0 Å². The topological polar surface area (TPSA) is 36.9 Å². The highest BCUT2D eigenvalue weighted by atomic mass is 31.1. The normalized spacial score (nSPS) is 12.2. The van der Waals surface area contributed by atoms with Gasteiger partial charge in [0.1, 0.15) is 23.0 Å². The van der Waals surface area contributed by atoms with Crippen molar-refractivity contribution in [3.63, 3.8) is 0 Å². The Balaban J connectivity index is 1.72. The zero-order valence-electron chi connectivity index (χ0n) is 26.4. The fourth-order valence-electron chi connectivity index (χ4n) is 5.85. The molecule has 6 aromatic carbocycles. The Morgan fingerprint density at radius 2 is 0.609 bits per heavy atom. The van der Waals surface area contributed by atoms with Crippen molar-refractivity contribution in [2.24, 2.45) is 0 Å². The van der Waals surface area contributed by atoms with E-state index in [1.807, 2.05) is 36.4 Å². The number of hydrogen-bond donors (Lipinski definition) is 0. The molecule has 0 radical (unpaired) electrons. The number of para-hydroxylation sites is 2. The van der Waals surface area contributed by atoms with Gasteiger partial charge in [0.25, 0.3) is 0 Å². The summed E-state index contributed by atoms with van der Waals surface area (Å²) in [5.74, 6) is 3.27. The van der Waals surface area contributed by atoms with Gasteiger partial charge < -0.3 is 18.9 Å². The SMILES string of the molecule is COc1ccccc1P(c1ccccc1)c1cccc(OC)c1-c1c(OC)cccc1P(c1ccccc1)c1ccccc1OC. The van der Waals surface area contributed by atoms with Crippen molar-refractivity contribution in [2.45, 2.75) is 0 Å². The van der Waals surface area contributed by atoms with Gasteiger partial charge in [0, 0.05) is 21.7 Å². The Labute approximate surface area is 274 Å². The largest absolute Gasteiger partial charge is 0.496 e. The summed E-state index contributed by atoms with van der Waals surface area (Å²) in [7, 11) is 4.79. The van der Waals surface area contributed by atoms with Gasteiger partial charge in [0.15, 0.2) is 0 Å². The molecule has 0 N–H and O–H groups in total. The summed E-state index contributed by atoms with van der Waals surface area (Å²) in [5.41, 5.74) is 2.02. The summed E-state index contributed by atoms with van der Waals surface area (Å²) in [4.78, 5) is 0. The van der Waals surface area contributed by atoms with Crippen LogP contribution in [0.15, 0.2) is 146 Å². The molecular weight excluding hydrogens is 606 g/mol. The average molecular weight is 643 g/mol. The highest BCUT2D eigenvalue weighted by Gasteiger charge is 2.31. The summed E-state index contributed by atoms with van der Waals surface area (Å²) in [6.07, 6.45) is 0. The molecule has 0 aliphatic heterocycles. The maximum atomic E-state index is 6.22. The second-order valence-electron chi connectivity index (χ2n) is 10.4. The first-order valence-electron chi connectivity index (χ1n) is 15.0. The van der Waals surface area contributed by atoms with Gasteiger partial charge in [0.2, 0.25) is 0 Å². The molecular formula is C40H36O4P2. The van der Waals surface area contributed by atoms with Crippen molar-refractivity contribution in [3.05, 3.63) is 146 Å². The number of methoxy groups -OCH3 is 4. The third kappa shape index (κ3) is 6.12. The van der Waals surface area contributed by atoms with Gasteiger partial charge in [-0.05, 0) is 61.3 Å². The number of ether oxygens (including phenoxy) is 4. The fourth-order valence-corrected chi connectivity index (χ4v) is 11.0. The smallest absolute Gasteiger partial charge is 0.127 e. The second-order valence-corrected chi connectivity index (χ2v) is 14.7. The van der Waals surface area contributed by atoms with Gasteiger partial charge in [-0.15, -0.1) is 0 Å². The minimum absolute atomic E-state index is 0.782. The summed E-state index contributed by atoms with van der Waals surface area (Å²) in [6, 6.07) is 50.7. The van der Waals surface area contributed by atoms with E-state index in [0.717, 1.165) is 55.3 Å². The Hall–Kier alpha value is -4.62. The molecule has 2 unspecified atom stereocenters. The molecule has 0 bridgehead atoms. The molecule has 230 valence electrons. The van der Waals surface area contributed by atoms with E-state index in [4.69, 9.17) is 18.9 Å². The first-order valence-corrected chi connectivity index (χ1v) is 17.7. The van der Waals surface area contributed by atoms with Crippen LogP contribution in [0.3, 0.4) is 0 Å². The Morgan fingerprint density at radius 1 is 0.304 bits per heavy atom. The van der Waals surface area contributed by atoms with Crippen LogP contribution in [-0.2, 0) is 0 Å². The van der Waals surface area contributed by atoms with E-state index in [0.29, 0.717) is 0 Å². The highest BCUT2D eigenvalue weighted by molar-refractivity contribution is 7.81. The van der Waals surface area contributed by atoms with Crippen molar-refractivity contribution in [1.82, 2.24) is 0 Å². The van der Waals surface area contributed by atoms with Crippen LogP contribution in [-0.4, -0.2) is 28.4 Å². The molecule has 0 aromatic heterocycles. The van der Waals surface area contributed by atoms with Crippen LogP contribution in [0.1, 0.15) is 0 Å². The van der Waals surface area contributed by atoms with E-state index >= 15 is 0 Å². The molecule has 2 atom stereocenters. The van der Waals surface area contributed by atoms with Crippen molar-refractivity contribution in [2.75, 3.05) is 28.4 Å². The highest BCUT2D eigenvalue weighted by Crippen LogP contribution is 2.48. The van der Waals surface area contributed by atoms with Gasteiger partial charge in [-0.3, -0.25) is 0 Å². The lowest BCUT2D eigenvalue weighted by Gasteiger charge is -2.29. The number of benzene rings is 6. The van der Waals surface area contributed by atoms with Crippen LogP contribution in [0.25, 0.3) is 11.1 Å². The average Bonchev–Trinajstić information content (AvgIpc) is 3.13. The minimum atomic E-state index is -1.08. The maximum Gasteiger partial charge on any atom is 0.127 e. The molecule has 0 saturated heterocycles. The van der Waals surface area contributed by atoms with Crippen LogP contribution in [0, 0.1) is 0 Å². The molecule has 6 rings (SSSR count). The molecule has 0 spiro atoms. The van der Waals surface area contributed by atoms with Crippen molar-refractivity contribution in [3.8, 4) is 34.1 Å². The number of hydrogen-bond acceptors (Lipinski definition) is 4. The van der Waals surface area contributed by atoms with E-state index < -0.39 is 15.8 Å². The van der Waals surface area contributed by atoms with Crippen LogP contribution in [0.5, 0.6) is 23.0 Å². The predicted octanol–water partition coefficient (Wildman–Crippen LogP) is 6.90. The maximum absolute atomic E-state index is 6.22.